The lowest BCUT2D eigenvalue weighted by atomic mass is 10.1. The molecule has 0 aliphatic heterocycles. The summed E-state index contributed by atoms with van der Waals surface area (Å²) in [5, 5.41) is 20.0. The van der Waals surface area contributed by atoms with Crippen LogP contribution in [0.1, 0.15) is 13.3 Å². The molecule has 6 nitrogen and oxygen atoms in total. The third kappa shape index (κ3) is 3.19. The van der Waals surface area contributed by atoms with Crippen LogP contribution in [-0.4, -0.2) is 29.1 Å². The van der Waals surface area contributed by atoms with Crippen LogP contribution in [-0.2, 0) is 4.79 Å². The maximum Gasteiger partial charge on any atom is 0.326 e. The molecule has 104 valence electrons. The van der Waals surface area contributed by atoms with Gasteiger partial charge in [-0.2, -0.15) is 0 Å². The second-order valence-corrected chi connectivity index (χ2v) is 4.74. The Balaban J connectivity index is 3.36. The molecule has 8 heteroatoms. The van der Waals surface area contributed by atoms with Gasteiger partial charge >= 0.3 is 5.97 Å². The van der Waals surface area contributed by atoms with E-state index < -0.39 is 22.8 Å². The lowest BCUT2D eigenvalue weighted by molar-refractivity contribution is -0.384. The van der Waals surface area contributed by atoms with Crippen molar-refractivity contribution in [3.8, 4) is 0 Å². The van der Waals surface area contributed by atoms with Gasteiger partial charge in [0.2, 0.25) is 0 Å². The van der Waals surface area contributed by atoms with Crippen molar-refractivity contribution in [2.45, 2.75) is 19.4 Å². The summed E-state index contributed by atoms with van der Waals surface area (Å²) in [6.07, 6.45) is 0.237. The summed E-state index contributed by atoms with van der Waals surface area (Å²) in [6, 6.07) is 1.02. The third-order valence-corrected chi connectivity index (χ3v) is 3.34. The number of carbonyl (C=O) groups is 1. The minimum absolute atomic E-state index is 0.0419. The highest BCUT2D eigenvalue weighted by molar-refractivity contribution is 9.10. The van der Waals surface area contributed by atoms with E-state index in [0.29, 0.717) is 0 Å². The van der Waals surface area contributed by atoms with Gasteiger partial charge in [0.25, 0.3) is 5.69 Å². The number of benzene rings is 1. The Hall–Kier alpha value is -1.70. The molecule has 0 spiro atoms. The highest BCUT2D eigenvalue weighted by atomic mass is 79.9. The fraction of sp³-hybridized carbons (Fsp3) is 0.364. The average Bonchev–Trinajstić information content (AvgIpc) is 2.31. The van der Waals surface area contributed by atoms with Gasteiger partial charge in [0.05, 0.1) is 9.40 Å². The van der Waals surface area contributed by atoms with Crippen LogP contribution in [0.25, 0.3) is 0 Å². The first-order chi connectivity index (χ1) is 8.79. The van der Waals surface area contributed by atoms with Crippen LogP contribution in [0.3, 0.4) is 0 Å². The number of nitro groups is 1. The molecule has 0 bridgehead atoms. The van der Waals surface area contributed by atoms with Crippen LogP contribution in [0.2, 0.25) is 0 Å². The zero-order valence-corrected chi connectivity index (χ0v) is 11.8. The number of likely N-dealkylation sites (N-methyl/N-ethyl adjacent to an activating group) is 1. The van der Waals surface area contributed by atoms with Gasteiger partial charge in [-0.25, -0.2) is 9.18 Å². The van der Waals surface area contributed by atoms with Crippen LogP contribution < -0.4 is 4.90 Å². The number of halogens is 2. The van der Waals surface area contributed by atoms with E-state index in [2.05, 4.69) is 15.9 Å². The number of nitrogens with zero attached hydrogens (tertiary/aromatic N) is 2. The summed E-state index contributed by atoms with van der Waals surface area (Å²) < 4.78 is 13.5. The fourth-order valence-electron chi connectivity index (χ4n) is 1.74. The van der Waals surface area contributed by atoms with Crippen molar-refractivity contribution in [2.75, 3.05) is 11.9 Å². The summed E-state index contributed by atoms with van der Waals surface area (Å²) in [5.74, 6) is -1.81. The van der Waals surface area contributed by atoms with Crippen LogP contribution in [0.4, 0.5) is 15.8 Å². The molecule has 0 aromatic heterocycles. The Morgan fingerprint density at radius 2 is 2.21 bits per heavy atom. The number of nitro benzene ring substituents is 1. The van der Waals surface area contributed by atoms with Crippen molar-refractivity contribution in [3.05, 3.63) is 32.5 Å². The molecule has 1 unspecified atom stereocenters. The molecule has 1 N–H and O–H groups in total. The van der Waals surface area contributed by atoms with Crippen LogP contribution in [0.15, 0.2) is 16.6 Å². The number of aliphatic carboxylic acids is 1. The minimum Gasteiger partial charge on any atom is -0.480 e. The minimum atomic E-state index is -1.12. The Labute approximate surface area is 117 Å². The quantitative estimate of drug-likeness (QED) is 0.661. The second kappa shape index (κ2) is 5.96. The van der Waals surface area contributed by atoms with Gasteiger partial charge in [-0.3, -0.25) is 10.1 Å². The van der Waals surface area contributed by atoms with Crippen molar-refractivity contribution >= 4 is 33.3 Å². The molecule has 0 aliphatic rings. The Morgan fingerprint density at radius 3 is 2.63 bits per heavy atom. The molecular weight excluding hydrogens is 323 g/mol. The Kier molecular flexibility index (Phi) is 4.82. The molecular formula is C11H12BrFN2O4. The standard InChI is InChI=1S/C11H12BrFN2O4/c1-3-8(11(16)17)14(2)9-5-7(13)6(12)4-10(9)15(18)19/h4-5,8H,3H2,1-2H3,(H,16,17). The van der Waals surface area contributed by atoms with Crippen molar-refractivity contribution < 1.29 is 19.2 Å². The first-order valence-corrected chi connectivity index (χ1v) is 6.18. The molecule has 0 saturated heterocycles. The fourth-order valence-corrected chi connectivity index (χ4v) is 2.07. The zero-order valence-electron chi connectivity index (χ0n) is 10.3. The summed E-state index contributed by atoms with van der Waals surface area (Å²) in [5.41, 5.74) is -0.421. The van der Waals surface area contributed by atoms with Crippen molar-refractivity contribution in [3.63, 3.8) is 0 Å². The number of hydrogen-bond acceptors (Lipinski definition) is 4. The second-order valence-electron chi connectivity index (χ2n) is 3.89. The van der Waals surface area contributed by atoms with E-state index >= 15 is 0 Å². The number of carboxylic acid groups (broad SMARTS) is 1. The predicted molar refractivity (Wildman–Crippen MR) is 70.9 cm³/mol. The maximum atomic E-state index is 13.5. The molecule has 0 saturated carbocycles. The van der Waals surface area contributed by atoms with Crippen LogP contribution in [0, 0.1) is 15.9 Å². The van der Waals surface area contributed by atoms with Gasteiger partial charge in [-0.15, -0.1) is 0 Å². The smallest absolute Gasteiger partial charge is 0.326 e. The molecule has 0 aliphatic carbocycles. The molecule has 1 atom stereocenters. The van der Waals surface area contributed by atoms with E-state index in [4.69, 9.17) is 5.11 Å². The summed E-state index contributed by atoms with van der Waals surface area (Å²) in [7, 11) is 1.39. The Bertz CT molecular complexity index is 524. The Morgan fingerprint density at radius 1 is 1.63 bits per heavy atom. The van der Waals surface area contributed by atoms with Crippen LogP contribution >= 0.6 is 15.9 Å². The predicted octanol–water partition coefficient (Wildman–Crippen LogP) is 2.80. The zero-order chi connectivity index (χ0) is 14.7. The van der Waals surface area contributed by atoms with Gasteiger partial charge < -0.3 is 10.0 Å². The van der Waals surface area contributed by atoms with Gasteiger partial charge in [-0.1, -0.05) is 6.92 Å². The van der Waals surface area contributed by atoms with Gasteiger partial charge in [0, 0.05) is 19.2 Å². The number of anilines is 1. The molecule has 1 aromatic carbocycles. The van der Waals surface area contributed by atoms with E-state index in [0.717, 1.165) is 12.1 Å². The van der Waals surface area contributed by atoms with E-state index in [-0.39, 0.29) is 22.3 Å². The molecule has 19 heavy (non-hydrogen) atoms. The summed E-state index contributed by atoms with van der Waals surface area (Å²) >= 11 is 2.87. The molecule has 0 amide bonds. The highest BCUT2D eigenvalue weighted by Gasteiger charge is 2.27. The molecule has 1 rings (SSSR count). The van der Waals surface area contributed by atoms with E-state index in [9.17, 15) is 19.3 Å². The first-order valence-electron chi connectivity index (χ1n) is 5.38. The topological polar surface area (TPSA) is 83.7 Å². The molecule has 0 radical (unpaired) electrons. The molecule has 0 heterocycles. The summed E-state index contributed by atoms with van der Waals surface area (Å²) in [4.78, 5) is 22.5. The van der Waals surface area contributed by atoms with E-state index in [1.807, 2.05) is 0 Å². The number of hydrogen-bond donors (Lipinski definition) is 1. The molecule has 0 fully saturated rings. The number of carboxylic acids is 1. The lowest BCUT2D eigenvalue weighted by Gasteiger charge is -2.25. The normalized spacial score (nSPS) is 12.0. The van der Waals surface area contributed by atoms with E-state index in [1.54, 1.807) is 6.92 Å². The van der Waals surface area contributed by atoms with Gasteiger partial charge in [0.15, 0.2) is 0 Å². The van der Waals surface area contributed by atoms with Crippen LogP contribution in [0.5, 0.6) is 0 Å². The monoisotopic (exact) mass is 334 g/mol. The van der Waals surface area contributed by atoms with Crippen molar-refractivity contribution in [2.24, 2.45) is 0 Å². The average molecular weight is 335 g/mol. The highest BCUT2D eigenvalue weighted by Crippen LogP contribution is 2.34. The SMILES string of the molecule is CCC(C(=O)O)N(C)c1cc(F)c(Br)cc1[N+](=O)[O-]. The van der Waals surface area contributed by atoms with Crippen molar-refractivity contribution in [1.29, 1.82) is 0 Å². The first kappa shape index (κ1) is 15.4. The lowest BCUT2D eigenvalue weighted by Crippen LogP contribution is -2.38. The van der Waals surface area contributed by atoms with E-state index in [1.165, 1.54) is 11.9 Å². The molecule has 1 aromatic rings. The van der Waals surface area contributed by atoms with Gasteiger partial charge in [-0.05, 0) is 22.4 Å². The van der Waals surface area contributed by atoms with Crippen molar-refractivity contribution in [1.82, 2.24) is 0 Å². The number of rotatable bonds is 5. The summed E-state index contributed by atoms with van der Waals surface area (Å²) in [6.45, 7) is 1.64. The maximum absolute atomic E-state index is 13.5. The largest absolute Gasteiger partial charge is 0.480 e. The third-order valence-electron chi connectivity index (χ3n) is 2.73. The van der Waals surface area contributed by atoms with Gasteiger partial charge in [0.1, 0.15) is 17.5 Å².